The van der Waals surface area contributed by atoms with Crippen molar-refractivity contribution in [2.45, 2.75) is 19.8 Å². The number of fused-ring (bicyclic) bond motifs is 2. The van der Waals surface area contributed by atoms with Gasteiger partial charge in [0, 0.05) is 0 Å². The Morgan fingerprint density at radius 3 is 2.75 bits per heavy atom. The Balaban J connectivity index is 2.08. The first-order chi connectivity index (χ1) is 5.79. The van der Waals surface area contributed by atoms with Gasteiger partial charge in [0.2, 0.25) is 0 Å². The van der Waals surface area contributed by atoms with E-state index in [1.165, 1.54) is 12.8 Å². The second-order valence-electron chi connectivity index (χ2n) is 3.97. The molecule has 2 aliphatic carbocycles. The van der Waals surface area contributed by atoms with E-state index in [-0.39, 0.29) is 0 Å². The standard InChI is InChI=1S/C11H14O/c1-8(7-12)4-11-6-9-2-3-10(11)5-9/h2-4,7,9-11H,5-6H2,1H3. The van der Waals surface area contributed by atoms with Crippen molar-refractivity contribution < 1.29 is 4.79 Å². The summed E-state index contributed by atoms with van der Waals surface area (Å²) in [6.07, 6.45) is 10.3. The van der Waals surface area contributed by atoms with Gasteiger partial charge in [0.1, 0.15) is 6.29 Å². The highest BCUT2D eigenvalue weighted by atomic mass is 16.1. The first-order valence-corrected chi connectivity index (χ1v) is 4.61. The van der Waals surface area contributed by atoms with Crippen LogP contribution >= 0.6 is 0 Å². The predicted molar refractivity (Wildman–Crippen MR) is 48.7 cm³/mol. The molecule has 3 unspecified atom stereocenters. The lowest BCUT2D eigenvalue weighted by Crippen LogP contribution is -2.04. The number of hydrogen-bond donors (Lipinski definition) is 0. The molecule has 0 aliphatic heterocycles. The molecule has 1 saturated carbocycles. The Hall–Kier alpha value is -0.850. The third-order valence-corrected chi connectivity index (χ3v) is 2.99. The number of rotatable bonds is 2. The highest BCUT2D eigenvalue weighted by molar-refractivity contribution is 5.72. The second kappa shape index (κ2) is 2.89. The topological polar surface area (TPSA) is 17.1 Å². The van der Waals surface area contributed by atoms with Crippen LogP contribution in [0, 0.1) is 17.8 Å². The molecular weight excluding hydrogens is 148 g/mol. The molecule has 12 heavy (non-hydrogen) atoms. The average molecular weight is 162 g/mol. The summed E-state index contributed by atoms with van der Waals surface area (Å²) in [6.45, 7) is 1.89. The highest BCUT2D eigenvalue weighted by Crippen LogP contribution is 2.44. The zero-order valence-corrected chi connectivity index (χ0v) is 7.36. The summed E-state index contributed by atoms with van der Waals surface area (Å²) in [5.41, 5.74) is 0.890. The lowest BCUT2D eigenvalue weighted by molar-refractivity contribution is -0.104. The first kappa shape index (κ1) is 7.78. The Morgan fingerprint density at radius 2 is 2.25 bits per heavy atom. The summed E-state index contributed by atoms with van der Waals surface area (Å²) in [4.78, 5) is 10.4. The van der Waals surface area contributed by atoms with Gasteiger partial charge in [-0.1, -0.05) is 18.2 Å². The molecule has 2 rings (SSSR count). The van der Waals surface area contributed by atoms with E-state index < -0.39 is 0 Å². The van der Waals surface area contributed by atoms with Crippen molar-refractivity contribution in [1.29, 1.82) is 0 Å². The lowest BCUT2D eigenvalue weighted by Gasteiger charge is -2.13. The normalized spacial score (nSPS) is 39.1. The molecule has 2 bridgehead atoms. The molecule has 0 heterocycles. The molecule has 64 valence electrons. The smallest absolute Gasteiger partial charge is 0.145 e. The molecule has 2 aliphatic rings. The van der Waals surface area contributed by atoms with Crippen LogP contribution in [0.1, 0.15) is 19.8 Å². The third-order valence-electron chi connectivity index (χ3n) is 2.99. The molecule has 3 atom stereocenters. The van der Waals surface area contributed by atoms with Crippen molar-refractivity contribution >= 4 is 6.29 Å². The van der Waals surface area contributed by atoms with E-state index in [9.17, 15) is 4.79 Å². The van der Waals surface area contributed by atoms with E-state index in [4.69, 9.17) is 0 Å². The van der Waals surface area contributed by atoms with Gasteiger partial charge in [-0.15, -0.1) is 0 Å². The maximum Gasteiger partial charge on any atom is 0.145 e. The predicted octanol–water partition coefficient (Wildman–Crippen LogP) is 2.34. The second-order valence-corrected chi connectivity index (χ2v) is 3.97. The quantitative estimate of drug-likeness (QED) is 0.346. The lowest BCUT2D eigenvalue weighted by atomic mass is 9.92. The van der Waals surface area contributed by atoms with Gasteiger partial charge >= 0.3 is 0 Å². The Bertz CT molecular complexity index is 250. The molecule has 0 N–H and O–H groups in total. The molecule has 0 radical (unpaired) electrons. The number of allylic oxidation sites excluding steroid dienone is 4. The van der Waals surface area contributed by atoms with Gasteiger partial charge in [-0.3, -0.25) is 4.79 Å². The maximum absolute atomic E-state index is 10.4. The van der Waals surface area contributed by atoms with Crippen LogP contribution in [0.4, 0.5) is 0 Å². The Morgan fingerprint density at radius 1 is 1.42 bits per heavy atom. The highest BCUT2D eigenvalue weighted by Gasteiger charge is 2.33. The average Bonchev–Trinajstić information content (AvgIpc) is 2.64. The summed E-state index contributed by atoms with van der Waals surface area (Å²) in [5, 5.41) is 0. The fraction of sp³-hybridized carbons (Fsp3) is 0.545. The van der Waals surface area contributed by atoms with Crippen molar-refractivity contribution in [1.82, 2.24) is 0 Å². The van der Waals surface area contributed by atoms with Crippen LogP contribution in [0.5, 0.6) is 0 Å². The van der Waals surface area contributed by atoms with Crippen molar-refractivity contribution in [3.05, 3.63) is 23.8 Å². The number of hydrogen-bond acceptors (Lipinski definition) is 1. The minimum atomic E-state index is 0.644. The number of carbonyl (C=O) groups excluding carboxylic acids is 1. The van der Waals surface area contributed by atoms with E-state index in [2.05, 4.69) is 18.2 Å². The molecule has 0 aromatic carbocycles. The van der Waals surface area contributed by atoms with Crippen LogP contribution in [0.25, 0.3) is 0 Å². The van der Waals surface area contributed by atoms with Gasteiger partial charge in [0.05, 0.1) is 0 Å². The minimum Gasteiger partial charge on any atom is -0.298 e. The zero-order valence-electron chi connectivity index (χ0n) is 7.36. The fourth-order valence-corrected chi connectivity index (χ4v) is 2.39. The van der Waals surface area contributed by atoms with Gasteiger partial charge in [-0.2, -0.15) is 0 Å². The molecule has 0 aromatic heterocycles. The summed E-state index contributed by atoms with van der Waals surface area (Å²) in [6, 6.07) is 0. The zero-order chi connectivity index (χ0) is 8.55. The number of carbonyl (C=O) groups is 1. The monoisotopic (exact) mass is 162 g/mol. The van der Waals surface area contributed by atoms with Crippen molar-refractivity contribution in [3.8, 4) is 0 Å². The number of aldehydes is 1. The van der Waals surface area contributed by atoms with E-state index in [1.807, 2.05) is 6.92 Å². The van der Waals surface area contributed by atoms with Crippen LogP contribution < -0.4 is 0 Å². The molecule has 0 saturated heterocycles. The summed E-state index contributed by atoms with van der Waals surface area (Å²) >= 11 is 0. The largest absolute Gasteiger partial charge is 0.298 e. The summed E-state index contributed by atoms with van der Waals surface area (Å²) in [7, 11) is 0. The van der Waals surface area contributed by atoms with Gasteiger partial charge < -0.3 is 0 Å². The molecule has 0 amide bonds. The van der Waals surface area contributed by atoms with E-state index in [0.717, 1.165) is 23.7 Å². The Labute approximate surface area is 73.2 Å². The minimum absolute atomic E-state index is 0.644. The first-order valence-electron chi connectivity index (χ1n) is 4.61. The SMILES string of the molecule is CC(C=O)=CC1CC2C=CC1C2. The van der Waals surface area contributed by atoms with Crippen LogP contribution in [0.3, 0.4) is 0 Å². The van der Waals surface area contributed by atoms with E-state index >= 15 is 0 Å². The molecule has 1 heteroatoms. The van der Waals surface area contributed by atoms with Crippen LogP contribution in [0.15, 0.2) is 23.8 Å². The maximum atomic E-state index is 10.4. The van der Waals surface area contributed by atoms with Crippen molar-refractivity contribution in [3.63, 3.8) is 0 Å². The molecule has 0 spiro atoms. The van der Waals surface area contributed by atoms with E-state index in [1.54, 1.807) is 0 Å². The molecule has 1 nitrogen and oxygen atoms in total. The molecular formula is C11H14O. The Kier molecular flexibility index (Phi) is 1.87. The van der Waals surface area contributed by atoms with E-state index in [0.29, 0.717) is 5.92 Å². The molecule has 0 aromatic rings. The van der Waals surface area contributed by atoms with Crippen LogP contribution in [-0.2, 0) is 4.79 Å². The van der Waals surface area contributed by atoms with Gasteiger partial charge in [-0.25, -0.2) is 0 Å². The molecule has 1 fully saturated rings. The third kappa shape index (κ3) is 1.24. The summed E-state index contributed by atoms with van der Waals surface area (Å²) < 4.78 is 0. The van der Waals surface area contributed by atoms with Crippen molar-refractivity contribution in [2.75, 3.05) is 0 Å². The fourth-order valence-electron chi connectivity index (χ4n) is 2.39. The van der Waals surface area contributed by atoms with Crippen LogP contribution in [-0.4, -0.2) is 6.29 Å². The summed E-state index contributed by atoms with van der Waals surface area (Å²) in [5.74, 6) is 2.17. The van der Waals surface area contributed by atoms with Gasteiger partial charge in [0.15, 0.2) is 0 Å². The van der Waals surface area contributed by atoms with Gasteiger partial charge in [0.25, 0.3) is 0 Å². The van der Waals surface area contributed by atoms with Crippen molar-refractivity contribution in [2.24, 2.45) is 17.8 Å². The van der Waals surface area contributed by atoms with Crippen LogP contribution in [0.2, 0.25) is 0 Å². The van der Waals surface area contributed by atoms with Gasteiger partial charge in [-0.05, 0) is 43.1 Å².